The molecule has 0 unspecified atom stereocenters. The van der Waals surface area contributed by atoms with Crippen molar-refractivity contribution in [2.75, 3.05) is 43.6 Å². The highest BCUT2D eigenvalue weighted by atomic mass is 35.5. The summed E-state index contributed by atoms with van der Waals surface area (Å²) in [6, 6.07) is 10.9. The Morgan fingerprint density at radius 3 is 2.93 bits per heavy atom. The number of carbonyl (C=O) groups is 1. The van der Waals surface area contributed by atoms with E-state index in [0.717, 1.165) is 36.6 Å². The SMILES string of the molecule is CO[C@H]1CCN(c2cc(C(=O)Nc3cccc(C#N)c3)c3c(n2)CCOCC3)C1.Cl. The number of aromatic nitrogens is 1. The van der Waals surface area contributed by atoms with Crippen LogP contribution in [0.4, 0.5) is 11.5 Å². The van der Waals surface area contributed by atoms with Crippen molar-refractivity contribution >= 4 is 29.8 Å². The van der Waals surface area contributed by atoms with Gasteiger partial charge in [-0.05, 0) is 42.7 Å². The first-order valence-electron chi connectivity index (χ1n) is 9.87. The summed E-state index contributed by atoms with van der Waals surface area (Å²) in [5, 5.41) is 12.0. The minimum atomic E-state index is -0.190. The second-order valence-electron chi connectivity index (χ2n) is 7.30. The highest BCUT2D eigenvalue weighted by Gasteiger charge is 2.27. The van der Waals surface area contributed by atoms with E-state index < -0.39 is 0 Å². The number of rotatable bonds is 4. The molecule has 8 heteroatoms. The van der Waals surface area contributed by atoms with E-state index in [9.17, 15) is 4.79 Å². The van der Waals surface area contributed by atoms with E-state index in [1.54, 1.807) is 31.4 Å². The molecule has 0 radical (unpaired) electrons. The van der Waals surface area contributed by atoms with Crippen LogP contribution in [0.2, 0.25) is 0 Å². The van der Waals surface area contributed by atoms with Crippen molar-refractivity contribution in [1.29, 1.82) is 5.26 Å². The molecule has 1 fully saturated rings. The summed E-state index contributed by atoms with van der Waals surface area (Å²) in [6.45, 7) is 2.80. The summed E-state index contributed by atoms with van der Waals surface area (Å²) < 4.78 is 11.1. The van der Waals surface area contributed by atoms with Crippen molar-refractivity contribution in [2.45, 2.75) is 25.4 Å². The van der Waals surface area contributed by atoms with Gasteiger partial charge in [0.25, 0.3) is 5.91 Å². The Hall–Kier alpha value is -2.66. The molecule has 1 amide bonds. The fourth-order valence-corrected chi connectivity index (χ4v) is 3.90. The Kier molecular flexibility index (Phi) is 7.27. The Bertz CT molecular complexity index is 960. The third-order valence-electron chi connectivity index (χ3n) is 5.47. The first kappa shape index (κ1) is 22.0. The molecule has 7 nitrogen and oxygen atoms in total. The van der Waals surface area contributed by atoms with Gasteiger partial charge in [-0.2, -0.15) is 5.26 Å². The molecule has 0 aliphatic carbocycles. The minimum Gasteiger partial charge on any atom is -0.381 e. The van der Waals surface area contributed by atoms with Crippen LogP contribution in [0, 0.1) is 11.3 Å². The molecule has 1 N–H and O–H groups in total. The van der Waals surface area contributed by atoms with Gasteiger partial charge in [-0.3, -0.25) is 4.79 Å². The number of hydrogen-bond donors (Lipinski definition) is 1. The van der Waals surface area contributed by atoms with Crippen LogP contribution in [0.1, 0.15) is 33.6 Å². The molecule has 2 aromatic rings. The van der Waals surface area contributed by atoms with E-state index >= 15 is 0 Å². The molecule has 4 rings (SSSR count). The zero-order valence-corrected chi connectivity index (χ0v) is 17.7. The topological polar surface area (TPSA) is 87.5 Å². The van der Waals surface area contributed by atoms with Crippen molar-refractivity contribution in [3.05, 3.63) is 52.7 Å². The predicted octanol–water partition coefficient (Wildman–Crippen LogP) is 2.97. The molecule has 0 spiro atoms. The smallest absolute Gasteiger partial charge is 0.256 e. The first-order valence-corrected chi connectivity index (χ1v) is 9.87. The number of amides is 1. The molecule has 0 saturated carbocycles. The Balaban J connectivity index is 0.00000256. The van der Waals surface area contributed by atoms with E-state index in [4.69, 9.17) is 19.7 Å². The highest BCUT2D eigenvalue weighted by Crippen LogP contribution is 2.27. The lowest BCUT2D eigenvalue weighted by Crippen LogP contribution is -2.25. The molecule has 1 aromatic heterocycles. The number of pyridine rings is 1. The van der Waals surface area contributed by atoms with E-state index in [-0.39, 0.29) is 24.4 Å². The lowest BCUT2D eigenvalue weighted by Gasteiger charge is -2.21. The van der Waals surface area contributed by atoms with E-state index in [0.29, 0.717) is 42.9 Å². The number of carbonyl (C=O) groups excluding carboxylic acids is 1. The molecule has 1 saturated heterocycles. The zero-order chi connectivity index (χ0) is 20.2. The maximum absolute atomic E-state index is 13.2. The molecule has 30 heavy (non-hydrogen) atoms. The van der Waals surface area contributed by atoms with Crippen LogP contribution in [0.3, 0.4) is 0 Å². The normalized spacial score (nSPS) is 18.0. The average molecular weight is 429 g/mol. The van der Waals surface area contributed by atoms with E-state index in [2.05, 4.69) is 16.3 Å². The van der Waals surface area contributed by atoms with Crippen molar-refractivity contribution < 1.29 is 14.3 Å². The Morgan fingerprint density at radius 2 is 2.17 bits per heavy atom. The highest BCUT2D eigenvalue weighted by molar-refractivity contribution is 6.06. The monoisotopic (exact) mass is 428 g/mol. The molecule has 3 heterocycles. The molecule has 158 valence electrons. The number of fused-ring (bicyclic) bond motifs is 1. The number of benzene rings is 1. The van der Waals surface area contributed by atoms with Crippen LogP contribution in [0.25, 0.3) is 0 Å². The molecule has 1 atom stereocenters. The summed E-state index contributed by atoms with van der Waals surface area (Å²) in [7, 11) is 1.73. The summed E-state index contributed by atoms with van der Waals surface area (Å²) >= 11 is 0. The third-order valence-corrected chi connectivity index (χ3v) is 5.47. The second kappa shape index (κ2) is 9.90. The molecular formula is C22H25ClN4O3. The van der Waals surface area contributed by atoms with Crippen LogP contribution in [0.5, 0.6) is 0 Å². The zero-order valence-electron chi connectivity index (χ0n) is 16.9. The minimum absolute atomic E-state index is 0. The summed E-state index contributed by atoms with van der Waals surface area (Å²) in [5.74, 6) is 0.616. The largest absolute Gasteiger partial charge is 0.381 e. The number of nitriles is 1. The lowest BCUT2D eigenvalue weighted by atomic mass is 10.0. The van der Waals surface area contributed by atoms with Gasteiger partial charge in [-0.15, -0.1) is 12.4 Å². The Labute approximate surface area is 182 Å². The van der Waals surface area contributed by atoms with Crippen molar-refractivity contribution in [3.63, 3.8) is 0 Å². The van der Waals surface area contributed by atoms with Gasteiger partial charge in [0.15, 0.2) is 0 Å². The fraction of sp³-hybridized carbons (Fsp3) is 0.409. The number of nitrogens with zero attached hydrogens (tertiary/aromatic N) is 3. The van der Waals surface area contributed by atoms with Gasteiger partial charge in [-0.1, -0.05) is 6.07 Å². The fourth-order valence-electron chi connectivity index (χ4n) is 3.90. The predicted molar refractivity (Wildman–Crippen MR) is 116 cm³/mol. The summed E-state index contributed by atoms with van der Waals surface area (Å²) in [5.41, 5.74) is 3.61. The number of anilines is 2. The van der Waals surface area contributed by atoms with Crippen molar-refractivity contribution in [3.8, 4) is 6.07 Å². The quantitative estimate of drug-likeness (QED) is 0.805. The van der Waals surface area contributed by atoms with Gasteiger partial charge in [-0.25, -0.2) is 4.98 Å². The van der Waals surface area contributed by atoms with Gasteiger partial charge >= 0.3 is 0 Å². The maximum atomic E-state index is 13.2. The standard InChI is InChI=1S/C22H24N4O3.ClH/c1-28-17-5-8-26(14-17)21-12-19(18-6-9-29-10-7-20(18)25-21)22(27)24-16-4-2-3-15(11-16)13-23;/h2-4,11-12,17H,5-10,14H2,1H3,(H,24,27);1H/t17-;/m0./s1. The molecule has 2 aliphatic rings. The first-order chi connectivity index (χ1) is 14.2. The van der Waals surface area contributed by atoms with Crippen LogP contribution in [-0.4, -0.2) is 50.4 Å². The van der Waals surface area contributed by atoms with Crippen LogP contribution in [-0.2, 0) is 22.3 Å². The lowest BCUT2D eigenvalue weighted by molar-refractivity contribution is 0.102. The van der Waals surface area contributed by atoms with Gasteiger partial charge < -0.3 is 19.7 Å². The second-order valence-corrected chi connectivity index (χ2v) is 7.30. The van der Waals surface area contributed by atoms with Crippen molar-refractivity contribution in [1.82, 2.24) is 4.98 Å². The van der Waals surface area contributed by atoms with Crippen LogP contribution >= 0.6 is 12.4 Å². The number of nitrogens with one attached hydrogen (secondary N) is 1. The van der Waals surface area contributed by atoms with Gasteiger partial charge in [0.2, 0.25) is 0 Å². The van der Waals surface area contributed by atoms with Gasteiger partial charge in [0.05, 0.1) is 31.0 Å². The summed E-state index contributed by atoms with van der Waals surface area (Å²) in [6.07, 6.45) is 2.48. The summed E-state index contributed by atoms with van der Waals surface area (Å²) in [4.78, 5) is 20.2. The average Bonchev–Trinajstić information content (AvgIpc) is 3.11. The molecule has 1 aromatic carbocycles. The molecule has 0 bridgehead atoms. The number of hydrogen-bond acceptors (Lipinski definition) is 6. The van der Waals surface area contributed by atoms with E-state index in [1.165, 1.54) is 0 Å². The van der Waals surface area contributed by atoms with Crippen LogP contribution in [0.15, 0.2) is 30.3 Å². The third kappa shape index (κ3) is 4.73. The van der Waals surface area contributed by atoms with Gasteiger partial charge in [0, 0.05) is 43.6 Å². The number of halogens is 1. The Morgan fingerprint density at radius 1 is 1.33 bits per heavy atom. The molecule has 2 aliphatic heterocycles. The van der Waals surface area contributed by atoms with Gasteiger partial charge in [0.1, 0.15) is 5.82 Å². The van der Waals surface area contributed by atoms with E-state index in [1.807, 2.05) is 6.07 Å². The number of methoxy groups -OCH3 is 1. The maximum Gasteiger partial charge on any atom is 0.256 e. The van der Waals surface area contributed by atoms with Crippen LogP contribution < -0.4 is 10.2 Å². The van der Waals surface area contributed by atoms with Crippen molar-refractivity contribution in [2.24, 2.45) is 0 Å². The molecular weight excluding hydrogens is 404 g/mol. The number of ether oxygens (including phenoxy) is 2.